The largest absolute Gasteiger partial charge is 0.489 e. The molecule has 0 unspecified atom stereocenters. The molecule has 3 aromatic rings. The molecule has 0 amide bonds. The lowest BCUT2D eigenvalue weighted by atomic mass is 10.2. The van der Waals surface area contributed by atoms with E-state index in [1.54, 1.807) is 11.3 Å². The van der Waals surface area contributed by atoms with Crippen LogP contribution in [0, 0.1) is 0 Å². The summed E-state index contributed by atoms with van der Waals surface area (Å²) in [6.45, 7) is 0.597. The molecule has 0 aliphatic carbocycles. The second kappa shape index (κ2) is 5.65. The zero-order valence-electron chi connectivity index (χ0n) is 9.90. The van der Waals surface area contributed by atoms with Gasteiger partial charge in [0.2, 0.25) is 0 Å². The summed E-state index contributed by atoms with van der Waals surface area (Å²) in [7, 11) is 0. The van der Waals surface area contributed by atoms with Crippen molar-refractivity contribution in [2.45, 2.75) is 6.61 Å². The highest BCUT2D eigenvalue weighted by atomic mass is 79.9. The van der Waals surface area contributed by atoms with Crippen LogP contribution >= 0.6 is 43.2 Å². The predicted octanol–water partition coefficient (Wildman–Crippen LogP) is 6.01. The van der Waals surface area contributed by atoms with Crippen LogP contribution in [-0.2, 0) is 6.61 Å². The van der Waals surface area contributed by atoms with E-state index < -0.39 is 0 Å². The van der Waals surface area contributed by atoms with Crippen molar-refractivity contribution >= 4 is 53.3 Å². The van der Waals surface area contributed by atoms with Crippen LogP contribution in [0.4, 0.5) is 0 Å². The first-order valence-electron chi connectivity index (χ1n) is 5.78. The van der Waals surface area contributed by atoms with E-state index in [1.807, 2.05) is 24.3 Å². The Morgan fingerprint density at radius 3 is 2.58 bits per heavy atom. The highest BCUT2D eigenvalue weighted by Gasteiger charge is 2.08. The molecule has 1 heterocycles. The molecule has 2 aromatic carbocycles. The third-order valence-electron chi connectivity index (χ3n) is 2.81. The summed E-state index contributed by atoms with van der Waals surface area (Å²) in [5, 5.41) is 1.21. The lowest BCUT2D eigenvalue weighted by Crippen LogP contribution is -1.94. The quantitative estimate of drug-likeness (QED) is 0.526. The van der Waals surface area contributed by atoms with Crippen molar-refractivity contribution in [2.24, 2.45) is 0 Å². The Morgan fingerprint density at radius 2 is 1.79 bits per heavy atom. The summed E-state index contributed by atoms with van der Waals surface area (Å²) >= 11 is 8.82. The summed E-state index contributed by atoms with van der Waals surface area (Å²) in [5.74, 6) is 0.901. The topological polar surface area (TPSA) is 9.23 Å². The SMILES string of the molecule is Brc1sc2cc(OCc3ccccc3)ccc2c1Br. The molecule has 0 spiro atoms. The van der Waals surface area contributed by atoms with Gasteiger partial charge in [-0.3, -0.25) is 0 Å². The molecule has 0 atom stereocenters. The maximum atomic E-state index is 5.83. The molecule has 3 rings (SSSR count). The third-order valence-corrected chi connectivity index (χ3v) is 6.25. The Labute approximate surface area is 132 Å². The van der Waals surface area contributed by atoms with Crippen LogP contribution in [0.15, 0.2) is 56.8 Å². The van der Waals surface area contributed by atoms with Gasteiger partial charge in [-0.25, -0.2) is 0 Å². The van der Waals surface area contributed by atoms with Gasteiger partial charge in [-0.15, -0.1) is 11.3 Å². The van der Waals surface area contributed by atoms with Gasteiger partial charge >= 0.3 is 0 Å². The van der Waals surface area contributed by atoms with Crippen LogP contribution in [0.3, 0.4) is 0 Å². The van der Waals surface area contributed by atoms with Crippen molar-refractivity contribution in [3.63, 3.8) is 0 Å². The Kier molecular flexibility index (Phi) is 3.91. The summed E-state index contributed by atoms with van der Waals surface area (Å²) < 4.78 is 9.26. The van der Waals surface area contributed by atoms with E-state index in [0.29, 0.717) is 6.61 Å². The Balaban J connectivity index is 1.82. The molecule has 0 fully saturated rings. The van der Waals surface area contributed by atoms with Gasteiger partial charge in [0.1, 0.15) is 12.4 Å². The van der Waals surface area contributed by atoms with E-state index in [2.05, 4.69) is 56.1 Å². The van der Waals surface area contributed by atoms with Gasteiger partial charge in [-0.2, -0.15) is 0 Å². The summed E-state index contributed by atoms with van der Waals surface area (Å²) in [5.41, 5.74) is 1.18. The van der Waals surface area contributed by atoms with Crippen LogP contribution in [0.1, 0.15) is 5.56 Å². The summed E-state index contributed by atoms with van der Waals surface area (Å²) in [6, 6.07) is 16.4. The molecule has 0 radical (unpaired) electrons. The van der Waals surface area contributed by atoms with Gasteiger partial charge in [-0.05, 0) is 55.6 Å². The molecule has 0 aliphatic rings. The van der Waals surface area contributed by atoms with Crippen molar-refractivity contribution in [1.82, 2.24) is 0 Å². The number of thiophene rings is 1. The van der Waals surface area contributed by atoms with Crippen molar-refractivity contribution < 1.29 is 4.74 Å². The molecule has 19 heavy (non-hydrogen) atoms. The van der Waals surface area contributed by atoms with Crippen molar-refractivity contribution in [2.75, 3.05) is 0 Å². The smallest absolute Gasteiger partial charge is 0.121 e. The third kappa shape index (κ3) is 2.86. The van der Waals surface area contributed by atoms with Crippen molar-refractivity contribution in [3.8, 4) is 5.75 Å². The first-order chi connectivity index (χ1) is 9.24. The van der Waals surface area contributed by atoms with Gasteiger partial charge in [0.15, 0.2) is 0 Å². The number of halogens is 2. The van der Waals surface area contributed by atoms with Crippen LogP contribution in [-0.4, -0.2) is 0 Å². The Hall–Kier alpha value is -0.840. The number of rotatable bonds is 3. The van der Waals surface area contributed by atoms with Crippen LogP contribution in [0.5, 0.6) is 5.75 Å². The summed E-state index contributed by atoms with van der Waals surface area (Å²) in [6.07, 6.45) is 0. The van der Waals surface area contributed by atoms with Gasteiger partial charge in [0.25, 0.3) is 0 Å². The number of hydrogen-bond donors (Lipinski definition) is 0. The highest BCUT2D eigenvalue weighted by molar-refractivity contribution is 9.13. The van der Waals surface area contributed by atoms with E-state index in [0.717, 1.165) is 14.0 Å². The zero-order chi connectivity index (χ0) is 13.2. The summed E-state index contributed by atoms with van der Waals surface area (Å²) in [4.78, 5) is 0. The maximum Gasteiger partial charge on any atom is 0.121 e. The molecule has 4 heteroatoms. The lowest BCUT2D eigenvalue weighted by Gasteiger charge is -2.06. The second-order valence-corrected chi connectivity index (χ2v) is 7.29. The van der Waals surface area contributed by atoms with Crippen LogP contribution in [0.2, 0.25) is 0 Å². The molecule has 0 bridgehead atoms. The fraction of sp³-hybridized carbons (Fsp3) is 0.0667. The maximum absolute atomic E-state index is 5.83. The monoisotopic (exact) mass is 396 g/mol. The van der Waals surface area contributed by atoms with Crippen molar-refractivity contribution in [3.05, 3.63) is 62.4 Å². The second-order valence-electron chi connectivity index (χ2n) is 4.12. The molecule has 0 saturated heterocycles. The van der Waals surface area contributed by atoms with E-state index >= 15 is 0 Å². The molecule has 0 saturated carbocycles. The van der Waals surface area contributed by atoms with E-state index in [-0.39, 0.29) is 0 Å². The normalized spacial score (nSPS) is 10.8. The fourth-order valence-electron chi connectivity index (χ4n) is 1.85. The van der Waals surface area contributed by atoms with Gasteiger partial charge in [0.05, 0.1) is 8.26 Å². The predicted molar refractivity (Wildman–Crippen MR) is 88.0 cm³/mol. The fourth-order valence-corrected chi connectivity index (χ4v) is 4.15. The zero-order valence-corrected chi connectivity index (χ0v) is 13.9. The van der Waals surface area contributed by atoms with Gasteiger partial charge < -0.3 is 4.74 Å². The minimum atomic E-state index is 0.597. The molecule has 0 aliphatic heterocycles. The standard InChI is InChI=1S/C15H10Br2OS/c16-14-12-7-6-11(8-13(12)19-15(14)17)18-9-10-4-2-1-3-5-10/h1-8H,9H2. The van der Waals surface area contributed by atoms with Gasteiger partial charge in [-0.1, -0.05) is 30.3 Å². The molecular formula is C15H10Br2OS. The van der Waals surface area contributed by atoms with Crippen LogP contribution in [0.25, 0.3) is 10.1 Å². The molecule has 0 N–H and O–H groups in total. The van der Waals surface area contributed by atoms with Crippen LogP contribution < -0.4 is 4.74 Å². The van der Waals surface area contributed by atoms with E-state index in [9.17, 15) is 0 Å². The minimum Gasteiger partial charge on any atom is -0.489 e. The minimum absolute atomic E-state index is 0.597. The number of benzene rings is 2. The highest BCUT2D eigenvalue weighted by Crippen LogP contribution is 2.40. The number of fused-ring (bicyclic) bond motifs is 1. The van der Waals surface area contributed by atoms with E-state index in [4.69, 9.17) is 4.74 Å². The Bertz CT molecular complexity index is 707. The molecule has 1 aromatic heterocycles. The molecule has 1 nitrogen and oxygen atoms in total. The Morgan fingerprint density at radius 1 is 1.00 bits per heavy atom. The molecular weight excluding hydrogens is 388 g/mol. The first kappa shape index (κ1) is 13.2. The molecule has 96 valence electrons. The average molecular weight is 398 g/mol. The van der Waals surface area contributed by atoms with Gasteiger partial charge in [0, 0.05) is 10.1 Å². The number of hydrogen-bond acceptors (Lipinski definition) is 2. The lowest BCUT2D eigenvalue weighted by molar-refractivity contribution is 0.306. The first-order valence-corrected chi connectivity index (χ1v) is 8.18. The average Bonchev–Trinajstić information content (AvgIpc) is 2.73. The van der Waals surface area contributed by atoms with E-state index in [1.165, 1.54) is 15.6 Å². The van der Waals surface area contributed by atoms with Crippen molar-refractivity contribution in [1.29, 1.82) is 0 Å². The number of ether oxygens (including phenoxy) is 1.